The van der Waals surface area contributed by atoms with Crippen LogP contribution in [0.5, 0.6) is 0 Å². The van der Waals surface area contributed by atoms with Gasteiger partial charge in [-0.15, -0.1) is 17.8 Å². The van der Waals surface area contributed by atoms with E-state index in [1.54, 1.807) is 17.4 Å². The summed E-state index contributed by atoms with van der Waals surface area (Å²) < 4.78 is 5.37. The van der Waals surface area contributed by atoms with Gasteiger partial charge in [-0.25, -0.2) is 9.97 Å². The molecule has 0 spiro atoms. The Bertz CT molecular complexity index is 1370. The van der Waals surface area contributed by atoms with Gasteiger partial charge in [0.15, 0.2) is 5.65 Å². The van der Waals surface area contributed by atoms with Gasteiger partial charge in [0.2, 0.25) is 5.78 Å². The summed E-state index contributed by atoms with van der Waals surface area (Å²) in [6, 6.07) is 8.29. The Morgan fingerprint density at radius 3 is 2.84 bits per heavy atom. The predicted molar refractivity (Wildman–Crippen MR) is 105 cm³/mol. The zero-order valence-electron chi connectivity index (χ0n) is 13.8. The molecule has 5 aromatic rings. The molecule has 4 nitrogen and oxygen atoms in total. The number of rotatable bonds is 1. The van der Waals surface area contributed by atoms with E-state index >= 15 is 0 Å². The minimum atomic E-state index is 0.882. The standard InChI is InChI=1S/C20H14N4S/c1-4-5-8-13-12(2)25-16-11-21-19-18(17(13)16)22-20-23(3)14-9-6-7-10-15(14)24(19)20/h1,5-11H,2-3H3/b8-5-. The molecule has 0 aliphatic heterocycles. The van der Waals surface area contributed by atoms with Gasteiger partial charge in [-0.2, -0.15) is 0 Å². The molecular weight excluding hydrogens is 328 g/mol. The molecule has 0 aliphatic carbocycles. The number of benzene rings is 1. The number of fused-ring (bicyclic) bond motifs is 7. The molecule has 1 aromatic carbocycles. The molecule has 0 amide bonds. The number of terminal acetylenes is 1. The highest BCUT2D eigenvalue weighted by molar-refractivity contribution is 7.19. The van der Waals surface area contributed by atoms with Crippen LogP contribution in [0.15, 0.2) is 36.5 Å². The number of para-hydroxylation sites is 2. The summed E-state index contributed by atoms with van der Waals surface area (Å²) in [5.41, 5.74) is 5.20. The Hall–Kier alpha value is -3.10. The van der Waals surface area contributed by atoms with E-state index in [1.807, 2.05) is 31.5 Å². The second-order valence-corrected chi connectivity index (χ2v) is 7.29. The largest absolute Gasteiger partial charge is 0.313 e. The molecule has 0 bridgehead atoms. The number of hydrogen-bond acceptors (Lipinski definition) is 3. The monoisotopic (exact) mass is 342 g/mol. The number of pyridine rings is 1. The minimum Gasteiger partial charge on any atom is -0.313 e. The van der Waals surface area contributed by atoms with E-state index in [0.29, 0.717) is 0 Å². The Morgan fingerprint density at radius 2 is 2.04 bits per heavy atom. The van der Waals surface area contributed by atoms with Crippen molar-refractivity contribution >= 4 is 55.5 Å². The van der Waals surface area contributed by atoms with Crippen LogP contribution in [-0.4, -0.2) is 18.9 Å². The van der Waals surface area contributed by atoms with Crippen molar-refractivity contribution in [3.05, 3.63) is 47.0 Å². The van der Waals surface area contributed by atoms with Gasteiger partial charge in [0, 0.05) is 23.5 Å². The highest BCUT2D eigenvalue weighted by atomic mass is 32.1. The summed E-state index contributed by atoms with van der Waals surface area (Å²) >= 11 is 1.73. The molecule has 0 unspecified atom stereocenters. The SMILES string of the molecule is C#C/C=C\c1c(C)sc2cnc3c(nc4n(C)c5ccccc5n34)c12. The highest BCUT2D eigenvalue weighted by Crippen LogP contribution is 2.37. The van der Waals surface area contributed by atoms with Crippen LogP contribution in [0.4, 0.5) is 0 Å². The zero-order chi connectivity index (χ0) is 17.1. The van der Waals surface area contributed by atoms with E-state index in [0.717, 1.165) is 43.6 Å². The number of aromatic nitrogens is 4. The summed E-state index contributed by atoms with van der Waals surface area (Å²) in [5.74, 6) is 3.47. The van der Waals surface area contributed by atoms with E-state index in [1.165, 1.54) is 4.88 Å². The number of imidazole rings is 2. The highest BCUT2D eigenvalue weighted by Gasteiger charge is 2.19. The smallest absolute Gasteiger partial charge is 0.216 e. The number of aryl methyl sites for hydroxylation is 2. The lowest BCUT2D eigenvalue weighted by atomic mass is 10.1. The van der Waals surface area contributed by atoms with Gasteiger partial charge in [-0.3, -0.25) is 4.40 Å². The summed E-state index contributed by atoms with van der Waals surface area (Å²) in [5, 5.41) is 1.13. The molecule has 0 radical (unpaired) electrons. The Morgan fingerprint density at radius 1 is 1.24 bits per heavy atom. The molecule has 0 saturated carbocycles. The molecule has 5 rings (SSSR count). The van der Waals surface area contributed by atoms with Crippen LogP contribution in [-0.2, 0) is 7.05 Å². The maximum absolute atomic E-state index is 5.41. The van der Waals surface area contributed by atoms with Crippen molar-refractivity contribution < 1.29 is 0 Å². The van der Waals surface area contributed by atoms with E-state index in [-0.39, 0.29) is 0 Å². The molecule has 0 aliphatic rings. The number of allylic oxidation sites excluding steroid dienone is 1. The third-order valence-corrected chi connectivity index (χ3v) is 5.72. The van der Waals surface area contributed by atoms with Gasteiger partial charge in [0.25, 0.3) is 0 Å². The van der Waals surface area contributed by atoms with Gasteiger partial charge in [-0.1, -0.05) is 18.1 Å². The number of thiophene rings is 1. The first kappa shape index (κ1) is 14.3. The van der Waals surface area contributed by atoms with Gasteiger partial charge in [-0.05, 0) is 36.8 Å². The average Bonchev–Trinajstić information content (AvgIpc) is 3.24. The van der Waals surface area contributed by atoms with Gasteiger partial charge in [0.05, 0.1) is 15.7 Å². The van der Waals surface area contributed by atoms with Crippen molar-refractivity contribution in [2.45, 2.75) is 6.92 Å². The van der Waals surface area contributed by atoms with Crippen LogP contribution in [0.3, 0.4) is 0 Å². The van der Waals surface area contributed by atoms with Crippen molar-refractivity contribution in [3.63, 3.8) is 0 Å². The van der Waals surface area contributed by atoms with Crippen molar-refractivity contribution in [3.8, 4) is 12.3 Å². The lowest BCUT2D eigenvalue weighted by Gasteiger charge is -1.97. The first-order valence-corrected chi connectivity index (χ1v) is 8.78. The minimum absolute atomic E-state index is 0.882. The molecule has 120 valence electrons. The molecule has 0 fully saturated rings. The van der Waals surface area contributed by atoms with Crippen LogP contribution < -0.4 is 0 Å². The van der Waals surface area contributed by atoms with Gasteiger partial charge in [0.1, 0.15) is 5.52 Å². The van der Waals surface area contributed by atoms with Crippen molar-refractivity contribution in [2.24, 2.45) is 7.05 Å². The fourth-order valence-electron chi connectivity index (χ4n) is 3.55. The summed E-state index contributed by atoms with van der Waals surface area (Å²) in [7, 11) is 2.04. The second-order valence-electron chi connectivity index (χ2n) is 6.04. The van der Waals surface area contributed by atoms with Gasteiger partial charge < -0.3 is 4.57 Å². The Labute approximate surface area is 148 Å². The first-order valence-electron chi connectivity index (χ1n) is 7.97. The average molecular weight is 342 g/mol. The van der Waals surface area contributed by atoms with Gasteiger partial charge >= 0.3 is 0 Å². The molecular formula is C20H14N4S. The van der Waals surface area contributed by atoms with E-state index < -0.39 is 0 Å². The molecule has 0 saturated heterocycles. The third kappa shape index (κ3) is 1.77. The lowest BCUT2D eigenvalue weighted by molar-refractivity contribution is 0.973. The molecule has 5 heteroatoms. The lowest BCUT2D eigenvalue weighted by Crippen LogP contribution is -1.87. The van der Waals surface area contributed by atoms with Crippen LogP contribution in [0.2, 0.25) is 0 Å². The van der Waals surface area contributed by atoms with E-state index in [4.69, 9.17) is 16.4 Å². The maximum atomic E-state index is 5.41. The fraction of sp³-hybridized carbons (Fsp3) is 0.100. The zero-order valence-corrected chi connectivity index (χ0v) is 14.6. The summed E-state index contributed by atoms with van der Waals surface area (Å²) in [6.07, 6.45) is 11.1. The van der Waals surface area contributed by atoms with Crippen molar-refractivity contribution in [1.82, 2.24) is 18.9 Å². The molecule has 0 N–H and O–H groups in total. The molecule has 4 heterocycles. The van der Waals surface area contributed by atoms with Crippen molar-refractivity contribution in [1.29, 1.82) is 0 Å². The van der Waals surface area contributed by atoms with Crippen LogP contribution in [0.1, 0.15) is 10.4 Å². The third-order valence-electron chi connectivity index (χ3n) is 4.66. The molecule has 4 aromatic heterocycles. The predicted octanol–water partition coefficient (Wildman–Crippen LogP) is 4.54. The maximum Gasteiger partial charge on any atom is 0.216 e. The number of hydrogen-bond donors (Lipinski definition) is 0. The van der Waals surface area contributed by atoms with Crippen LogP contribution in [0.25, 0.3) is 44.1 Å². The normalized spacial score (nSPS) is 12.2. The van der Waals surface area contributed by atoms with Crippen LogP contribution >= 0.6 is 11.3 Å². The Balaban J connectivity index is 2.02. The van der Waals surface area contributed by atoms with Crippen LogP contribution in [0, 0.1) is 19.3 Å². The topological polar surface area (TPSA) is 35.1 Å². The first-order chi connectivity index (χ1) is 12.2. The second kappa shape index (κ2) is 4.95. The van der Waals surface area contributed by atoms with Crippen molar-refractivity contribution in [2.75, 3.05) is 0 Å². The summed E-state index contributed by atoms with van der Waals surface area (Å²) in [6.45, 7) is 2.11. The quantitative estimate of drug-likeness (QED) is 0.419. The Kier molecular flexibility index (Phi) is 2.82. The fourth-order valence-corrected chi connectivity index (χ4v) is 4.57. The number of nitrogens with zero attached hydrogens (tertiary/aromatic N) is 4. The van der Waals surface area contributed by atoms with E-state index in [2.05, 4.69) is 33.9 Å². The summed E-state index contributed by atoms with van der Waals surface area (Å²) in [4.78, 5) is 10.9. The molecule has 0 atom stereocenters. The van der Waals surface area contributed by atoms with E-state index in [9.17, 15) is 0 Å². The molecule has 25 heavy (non-hydrogen) atoms.